The normalized spacial score (nSPS) is 17.6. The summed E-state index contributed by atoms with van der Waals surface area (Å²) in [6.07, 6.45) is -0.239. The van der Waals surface area contributed by atoms with E-state index in [1.165, 1.54) is 7.11 Å². The number of aliphatic hydroxyl groups is 1. The van der Waals surface area contributed by atoms with E-state index in [0.717, 1.165) is 22.2 Å². The van der Waals surface area contributed by atoms with Crippen molar-refractivity contribution in [1.82, 2.24) is 9.55 Å². The van der Waals surface area contributed by atoms with Gasteiger partial charge in [0.15, 0.2) is 5.60 Å². The Bertz CT molecular complexity index is 1810. The predicted octanol–water partition coefficient (Wildman–Crippen LogP) is 3.98. The number of pyridine rings is 2. The van der Waals surface area contributed by atoms with Crippen LogP contribution in [-0.2, 0) is 44.2 Å². The van der Waals surface area contributed by atoms with E-state index in [9.17, 15) is 19.5 Å². The molecule has 1 unspecified atom stereocenters. The Morgan fingerprint density at radius 1 is 1.14 bits per heavy atom. The summed E-state index contributed by atoms with van der Waals surface area (Å²) in [6, 6.07) is 14.5. The number of esters is 2. The molecule has 4 aromatic rings. The summed E-state index contributed by atoms with van der Waals surface area (Å²) in [6.45, 7) is 3.83. The molecule has 2 aromatic heterocycles. The van der Waals surface area contributed by atoms with Crippen LogP contribution in [0.2, 0.25) is 0 Å². The maximum absolute atomic E-state index is 13.6. The van der Waals surface area contributed by atoms with Crippen molar-refractivity contribution in [2.24, 2.45) is 0 Å². The lowest BCUT2D eigenvalue weighted by molar-refractivity contribution is -0.172. The Labute approximate surface area is 241 Å². The fourth-order valence-electron chi connectivity index (χ4n) is 5.94. The van der Waals surface area contributed by atoms with E-state index < -0.39 is 23.6 Å². The van der Waals surface area contributed by atoms with Crippen LogP contribution in [0.1, 0.15) is 54.2 Å². The number of anilines is 1. The van der Waals surface area contributed by atoms with E-state index >= 15 is 0 Å². The Kier molecular flexibility index (Phi) is 6.73. The number of hydrogen-bond donors (Lipinski definition) is 2. The molecular formula is C32H31N3O7. The molecule has 0 aliphatic carbocycles. The third-order valence-electron chi connectivity index (χ3n) is 8.30. The number of cyclic esters (lactones) is 1. The average molecular weight is 570 g/mol. The summed E-state index contributed by atoms with van der Waals surface area (Å²) >= 11 is 0. The van der Waals surface area contributed by atoms with Crippen LogP contribution >= 0.6 is 0 Å². The third-order valence-corrected chi connectivity index (χ3v) is 8.30. The van der Waals surface area contributed by atoms with Crippen LogP contribution < -0.4 is 15.6 Å². The summed E-state index contributed by atoms with van der Waals surface area (Å²) in [4.78, 5) is 43.7. The molecule has 0 saturated heterocycles. The highest BCUT2D eigenvalue weighted by Crippen LogP contribution is 2.41. The van der Waals surface area contributed by atoms with Gasteiger partial charge in [0, 0.05) is 34.8 Å². The van der Waals surface area contributed by atoms with Gasteiger partial charge in [-0.2, -0.15) is 0 Å². The molecule has 10 heteroatoms. The minimum Gasteiger partial charge on any atom is -0.474 e. The quantitative estimate of drug-likeness (QED) is 0.280. The molecule has 2 atom stereocenters. The molecular weight excluding hydrogens is 538 g/mol. The van der Waals surface area contributed by atoms with Gasteiger partial charge in [0.2, 0.25) is 6.10 Å². The molecule has 0 fully saturated rings. The van der Waals surface area contributed by atoms with Gasteiger partial charge in [-0.05, 0) is 54.8 Å². The molecule has 0 radical (unpaired) electrons. The molecule has 0 bridgehead atoms. The molecule has 2 aromatic carbocycles. The van der Waals surface area contributed by atoms with E-state index in [1.54, 1.807) is 23.6 Å². The molecule has 2 aliphatic heterocycles. The monoisotopic (exact) mass is 569 g/mol. The first kappa shape index (κ1) is 27.5. The van der Waals surface area contributed by atoms with Crippen molar-refractivity contribution in [1.29, 1.82) is 0 Å². The lowest BCUT2D eigenvalue weighted by atomic mass is 9.86. The van der Waals surface area contributed by atoms with Gasteiger partial charge >= 0.3 is 11.9 Å². The van der Waals surface area contributed by atoms with Crippen LogP contribution in [0.4, 0.5) is 5.69 Å². The first-order valence-electron chi connectivity index (χ1n) is 13.9. The van der Waals surface area contributed by atoms with Gasteiger partial charge in [0.25, 0.3) is 5.56 Å². The van der Waals surface area contributed by atoms with E-state index in [1.807, 2.05) is 50.4 Å². The molecule has 0 amide bonds. The van der Waals surface area contributed by atoms with Gasteiger partial charge in [-0.15, -0.1) is 0 Å². The number of fused-ring (bicyclic) bond motifs is 5. The van der Waals surface area contributed by atoms with Crippen molar-refractivity contribution in [2.75, 3.05) is 19.5 Å². The second-order valence-corrected chi connectivity index (χ2v) is 10.4. The second-order valence-electron chi connectivity index (χ2n) is 10.4. The highest BCUT2D eigenvalue weighted by Gasteiger charge is 2.45. The molecule has 6 rings (SSSR count). The lowest BCUT2D eigenvalue weighted by Gasteiger charge is -2.31. The largest absolute Gasteiger partial charge is 0.474 e. The molecule has 216 valence electrons. The number of benzene rings is 2. The van der Waals surface area contributed by atoms with Crippen molar-refractivity contribution in [2.45, 2.75) is 51.5 Å². The zero-order chi connectivity index (χ0) is 29.8. The van der Waals surface area contributed by atoms with E-state index in [0.29, 0.717) is 41.2 Å². The Balaban J connectivity index is 1.44. The Morgan fingerprint density at radius 3 is 2.57 bits per heavy atom. The van der Waals surface area contributed by atoms with Crippen LogP contribution in [-0.4, -0.2) is 40.8 Å². The summed E-state index contributed by atoms with van der Waals surface area (Å²) in [5.74, 6) is -0.807. The first-order chi connectivity index (χ1) is 20.2. The minimum atomic E-state index is -1.88. The maximum Gasteiger partial charge on any atom is 0.351 e. The van der Waals surface area contributed by atoms with Crippen LogP contribution in [0.3, 0.4) is 0 Å². The molecule has 2 N–H and O–H groups in total. The zero-order valence-electron chi connectivity index (χ0n) is 23.8. The van der Waals surface area contributed by atoms with Crippen LogP contribution in [0.15, 0.2) is 53.3 Å². The number of ether oxygens (including phenoxy) is 3. The van der Waals surface area contributed by atoms with Gasteiger partial charge in [-0.25, -0.2) is 14.6 Å². The number of nitrogens with one attached hydrogen (secondary N) is 1. The molecule has 0 spiro atoms. The molecule has 4 heterocycles. The van der Waals surface area contributed by atoms with Crippen molar-refractivity contribution >= 4 is 28.5 Å². The van der Waals surface area contributed by atoms with E-state index in [-0.39, 0.29) is 29.7 Å². The SMILES string of the molecule is CCc1c2c(nc3ccc(OC(C(=O)OC)c4ccc(NC)cc4)cc13)-c1cc3c(c(=O)n1C2)COC(=O)[C@]3(O)CC. The molecule has 10 nitrogen and oxygen atoms in total. The number of carbonyl (C=O) groups is 2. The topological polar surface area (TPSA) is 129 Å². The number of hydrogen-bond acceptors (Lipinski definition) is 9. The minimum absolute atomic E-state index is 0.0783. The van der Waals surface area contributed by atoms with Gasteiger partial charge in [-0.3, -0.25) is 4.79 Å². The predicted molar refractivity (Wildman–Crippen MR) is 155 cm³/mol. The third kappa shape index (κ3) is 4.13. The number of rotatable bonds is 7. The summed E-state index contributed by atoms with van der Waals surface area (Å²) in [5, 5.41) is 15.1. The summed E-state index contributed by atoms with van der Waals surface area (Å²) in [7, 11) is 3.14. The Morgan fingerprint density at radius 2 is 1.90 bits per heavy atom. The van der Waals surface area contributed by atoms with E-state index in [4.69, 9.17) is 19.2 Å². The number of methoxy groups -OCH3 is 1. The number of carbonyl (C=O) groups excluding carboxylic acids is 2. The van der Waals surface area contributed by atoms with Crippen molar-refractivity contribution < 1.29 is 28.9 Å². The van der Waals surface area contributed by atoms with Gasteiger partial charge in [0.1, 0.15) is 12.4 Å². The number of aryl methyl sites for hydroxylation is 1. The van der Waals surface area contributed by atoms with E-state index in [2.05, 4.69) is 5.32 Å². The van der Waals surface area contributed by atoms with Gasteiger partial charge in [0.05, 0.1) is 36.1 Å². The molecule has 42 heavy (non-hydrogen) atoms. The standard InChI is InChI=1S/C32H31N3O7/c1-5-20-21-13-19(42-28(30(37)40-4)17-7-9-18(33-3)10-8-17)11-12-25(21)34-27-22(20)15-35-26(27)14-24-23(29(35)36)16-41-31(38)32(24,39)6-2/h7-14,28,33,39H,5-6,15-16H2,1-4H3/t28?,32-/m0/s1. The summed E-state index contributed by atoms with van der Waals surface area (Å²) in [5.41, 5.74) is 3.70. The van der Waals surface area contributed by atoms with Crippen LogP contribution in [0.25, 0.3) is 22.3 Å². The Hall–Kier alpha value is -4.70. The van der Waals surface area contributed by atoms with Gasteiger partial charge < -0.3 is 29.2 Å². The average Bonchev–Trinajstić information content (AvgIpc) is 3.38. The van der Waals surface area contributed by atoms with Crippen LogP contribution in [0.5, 0.6) is 5.75 Å². The van der Waals surface area contributed by atoms with Crippen molar-refractivity contribution in [3.8, 4) is 17.1 Å². The lowest BCUT2D eigenvalue weighted by Crippen LogP contribution is -2.44. The molecule has 2 aliphatic rings. The second kappa shape index (κ2) is 10.3. The number of nitrogens with zero attached hydrogens (tertiary/aromatic N) is 2. The maximum atomic E-state index is 13.6. The summed E-state index contributed by atoms with van der Waals surface area (Å²) < 4.78 is 18.0. The van der Waals surface area contributed by atoms with Crippen molar-refractivity contribution in [3.63, 3.8) is 0 Å². The van der Waals surface area contributed by atoms with Crippen LogP contribution in [0, 0.1) is 0 Å². The number of aromatic nitrogens is 2. The fourth-order valence-corrected chi connectivity index (χ4v) is 5.94. The zero-order valence-corrected chi connectivity index (χ0v) is 23.8. The highest BCUT2D eigenvalue weighted by molar-refractivity contribution is 5.90. The first-order valence-corrected chi connectivity index (χ1v) is 13.9. The molecule has 0 saturated carbocycles. The fraction of sp³-hybridized carbons (Fsp3) is 0.312. The smallest absolute Gasteiger partial charge is 0.351 e. The highest BCUT2D eigenvalue weighted by atomic mass is 16.6. The van der Waals surface area contributed by atoms with Gasteiger partial charge in [-0.1, -0.05) is 26.0 Å². The van der Waals surface area contributed by atoms with Crippen molar-refractivity contribution in [3.05, 3.63) is 86.7 Å².